The number of para-hydroxylation sites is 2. The molecule has 1 heterocycles. The van der Waals surface area contributed by atoms with Gasteiger partial charge in [-0.05, 0) is 32.9 Å². The van der Waals surface area contributed by atoms with Gasteiger partial charge in [-0.1, -0.05) is 42.0 Å². The lowest BCUT2D eigenvalue weighted by atomic mass is 10.1. The number of Topliss-reactive ketones (excluding diaryl/α,β-unsaturated/α-hetero) is 1. The molecule has 3 rings (SSSR count). The zero-order valence-corrected chi connectivity index (χ0v) is 16.5. The smallest absolute Gasteiger partial charge is 0.333 e. The predicted molar refractivity (Wildman–Crippen MR) is 109 cm³/mol. The number of hydrogen-bond acceptors (Lipinski definition) is 2. The van der Waals surface area contributed by atoms with Gasteiger partial charge in [0.15, 0.2) is 5.78 Å². The Morgan fingerprint density at radius 3 is 2.41 bits per heavy atom. The normalized spacial score (nSPS) is 11.4. The van der Waals surface area contributed by atoms with Crippen molar-refractivity contribution in [2.24, 2.45) is 0 Å². The number of hydrogen-bond donors (Lipinski definition) is 2. The van der Waals surface area contributed by atoms with Gasteiger partial charge in [-0.2, -0.15) is 0 Å². The molecule has 0 spiro atoms. The standard InChI is InChI=1S/C22H28N4O/c1-4-24(5-2)14-15-25-19-8-6-7-9-20(19)26(22(25)23)16-21(27)18-12-10-17(3)11-13-18/h6-13,23H,4-5,14-16H2,1-3H3/p+2. The quantitative estimate of drug-likeness (QED) is 0.470. The fourth-order valence-electron chi connectivity index (χ4n) is 3.56. The van der Waals surface area contributed by atoms with Crippen molar-refractivity contribution >= 4 is 22.8 Å². The molecule has 5 nitrogen and oxygen atoms in total. The molecule has 0 bridgehead atoms. The maximum Gasteiger partial charge on any atom is 0.356 e. The molecule has 2 aromatic carbocycles. The average molecular weight is 367 g/mol. The van der Waals surface area contributed by atoms with Crippen molar-refractivity contribution in [3.05, 3.63) is 59.7 Å². The summed E-state index contributed by atoms with van der Waals surface area (Å²) in [5.74, 6) is 0.715. The summed E-state index contributed by atoms with van der Waals surface area (Å²) >= 11 is 0. The molecule has 0 saturated carbocycles. The van der Waals surface area contributed by atoms with Crippen molar-refractivity contribution in [2.75, 3.05) is 25.4 Å². The highest BCUT2D eigenvalue weighted by Crippen LogP contribution is 2.16. The topological polar surface area (TPSA) is 56.3 Å². The molecular formula is C22H30N4O+2. The molecule has 0 amide bonds. The van der Waals surface area contributed by atoms with Crippen LogP contribution in [0.4, 0.5) is 5.95 Å². The van der Waals surface area contributed by atoms with Gasteiger partial charge in [0.1, 0.15) is 30.7 Å². The van der Waals surface area contributed by atoms with Crippen LogP contribution in [0.15, 0.2) is 48.5 Å². The summed E-state index contributed by atoms with van der Waals surface area (Å²) in [5, 5.41) is 0. The van der Waals surface area contributed by atoms with Crippen LogP contribution in [0, 0.1) is 6.92 Å². The van der Waals surface area contributed by atoms with Crippen molar-refractivity contribution in [3.8, 4) is 0 Å². The van der Waals surface area contributed by atoms with E-state index in [2.05, 4.69) is 24.5 Å². The number of carbonyl (C=O) groups excluding carboxylic acids is 1. The first-order valence-corrected chi connectivity index (χ1v) is 9.75. The van der Waals surface area contributed by atoms with Gasteiger partial charge < -0.3 is 4.90 Å². The highest BCUT2D eigenvalue weighted by atomic mass is 16.1. The van der Waals surface area contributed by atoms with Gasteiger partial charge in [-0.25, -0.2) is 9.13 Å². The van der Waals surface area contributed by atoms with Gasteiger partial charge in [0, 0.05) is 5.56 Å². The Bertz CT molecular complexity index is 923. The molecule has 0 aliphatic carbocycles. The van der Waals surface area contributed by atoms with Gasteiger partial charge in [-0.15, -0.1) is 0 Å². The molecule has 0 saturated heterocycles. The average Bonchev–Trinajstić information content (AvgIpc) is 2.95. The minimum Gasteiger partial charge on any atom is -0.333 e. The van der Waals surface area contributed by atoms with Crippen LogP contribution < -0.4 is 15.2 Å². The predicted octanol–water partition coefficient (Wildman–Crippen LogP) is 1.63. The van der Waals surface area contributed by atoms with E-state index >= 15 is 0 Å². The van der Waals surface area contributed by atoms with E-state index in [4.69, 9.17) is 5.73 Å². The van der Waals surface area contributed by atoms with E-state index in [1.807, 2.05) is 54.0 Å². The van der Waals surface area contributed by atoms with E-state index < -0.39 is 0 Å². The van der Waals surface area contributed by atoms with E-state index in [1.165, 1.54) is 4.90 Å². The molecule has 0 unspecified atom stereocenters. The number of imidazole rings is 1. The Morgan fingerprint density at radius 1 is 1.07 bits per heavy atom. The summed E-state index contributed by atoms with van der Waals surface area (Å²) in [6.07, 6.45) is 0. The Kier molecular flexibility index (Phi) is 5.91. The number of ketones is 1. The maximum absolute atomic E-state index is 12.8. The lowest BCUT2D eigenvalue weighted by Gasteiger charge is -2.14. The molecule has 0 aliphatic heterocycles. The molecule has 1 aromatic heterocycles. The van der Waals surface area contributed by atoms with Crippen molar-refractivity contribution in [1.29, 1.82) is 0 Å². The van der Waals surface area contributed by atoms with Crippen LogP contribution in [0.25, 0.3) is 11.0 Å². The van der Waals surface area contributed by atoms with Crippen molar-refractivity contribution in [3.63, 3.8) is 0 Å². The van der Waals surface area contributed by atoms with Crippen LogP contribution in [0.2, 0.25) is 0 Å². The third kappa shape index (κ3) is 4.03. The number of aromatic nitrogens is 2. The number of nitrogens with one attached hydrogen (secondary N) is 1. The highest BCUT2D eigenvalue weighted by molar-refractivity contribution is 5.95. The second-order valence-corrected chi connectivity index (χ2v) is 7.08. The molecular weight excluding hydrogens is 336 g/mol. The maximum atomic E-state index is 12.8. The Balaban J connectivity index is 1.92. The Labute approximate surface area is 161 Å². The summed E-state index contributed by atoms with van der Waals surface area (Å²) in [5.41, 5.74) is 10.5. The van der Waals surface area contributed by atoms with Crippen LogP contribution in [-0.4, -0.2) is 30.0 Å². The number of anilines is 1. The number of fused-ring (bicyclic) bond motifs is 1. The minimum absolute atomic E-state index is 0.0731. The first kappa shape index (κ1) is 19.1. The van der Waals surface area contributed by atoms with E-state index in [0.717, 1.165) is 48.3 Å². The monoisotopic (exact) mass is 366 g/mol. The number of likely N-dealkylation sites (N-methyl/N-ethyl adjacent to an activating group) is 1. The van der Waals surface area contributed by atoms with Gasteiger partial charge in [-0.3, -0.25) is 10.5 Å². The summed E-state index contributed by atoms with van der Waals surface area (Å²) in [6, 6.07) is 15.8. The third-order valence-electron chi connectivity index (χ3n) is 5.38. The molecule has 0 aliphatic rings. The fourth-order valence-corrected chi connectivity index (χ4v) is 3.56. The molecule has 27 heavy (non-hydrogen) atoms. The van der Waals surface area contributed by atoms with Crippen molar-refractivity contribution in [2.45, 2.75) is 33.9 Å². The SMILES string of the molecule is CC[NH+](CC)CCn1c(N)[n+](CC(=O)c2ccc(C)cc2)c2ccccc21. The van der Waals surface area contributed by atoms with Crippen molar-refractivity contribution in [1.82, 2.24) is 4.57 Å². The number of nitrogen functional groups attached to an aromatic ring is 1. The zero-order valence-electron chi connectivity index (χ0n) is 16.5. The molecule has 0 atom stereocenters. The largest absolute Gasteiger partial charge is 0.356 e. The van der Waals surface area contributed by atoms with E-state index in [9.17, 15) is 4.79 Å². The Hall–Kier alpha value is -2.66. The second-order valence-electron chi connectivity index (χ2n) is 7.08. The van der Waals surface area contributed by atoms with Gasteiger partial charge >= 0.3 is 5.95 Å². The fraction of sp³-hybridized carbons (Fsp3) is 0.364. The van der Waals surface area contributed by atoms with Crippen LogP contribution in [0.5, 0.6) is 0 Å². The van der Waals surface area contributed by atoms with Crippen LogP contribution >= 0.6 is 0 Å². The first-order chi connectivity index (χ1) is 13.0. The molecule has 0 fully saturated rings. The molecule has 5 heteroatoms. The lowest BCUT2D eigenvalue weighted by molar-refractivity contribution is -0.897. The lowest BCUT2D eigenvalue weighted by Crippen LogP contribution is -3.11. The first-order valence-electron chi connectivity index (χ1n) is 9.75. The molecule has 3 aromatic rings. The number of nitrogens with zero attached hydrogens (tertiary/aromatic N) is 2. The number of carbonyl (C=O) groups is 1. The summed E-state index contributed by atoms with van der Waals surface area (Å²) in [6.45, 7) is 10.7. The van der Waals surface area contributed by atoms with Crippen LogP contribution in [-0.2, 0) is 13.1 Å². The molecule has 142 valence electrons. The van der Waals surface area contributed by atoms with Gasteiger partial charge in [0.25, 0.3) is 0 Å². The van der Waals surface area contributed by atoms with E-state index in [0.29, 0.717) is 5.95 Å². The van der Waals surface area contributed by atoms with Crippen molar-refractivity contribution < 1.29 is 14.3 Å². The van der Waals surface area contributed by atoms with E-state index in [1.54, 1.807) is 0 Å². The number of aryl methyl sites for hydroxylation is 1. The minimum atomic E-state index is 0.0731. The number of quaternary nitrogens is 1. The number of benzene rings is 2. The molecule has 0 radical (unpaired) electrons. The van der Waals surface area contributed by atoms with Gasteiger partial charge in [0.2, 0.25) is 0 Å². The zero-order chi connectivity index (χ0) is 19.4. The number of nitrogens with two attached hydrogens (primary N) is 1. The summed E-state index contributed by atoms with van der Waals surface area (Å²) in [7, 11) is 0. The van der Waals surface area contributed by atoms with Crippen LogP contribution in [0.3, 0.4) is 0 Å². The number of rotatable bonds is 8. The molecule has 3 N–H and O–H groups in total. The van der Waals surface area contributed by atoms with E-state index in [-0.39, 0.29) is 12.3 Å². The summed E-state index contributed by atoms with van der Waals surface area (Å²) in [4.78, 5) is 14.3. The summed E-state index contributed by atoms with van der Waals surface area (Å²) < 4.78 is 4.08. The third-order valence-corrected chi connectivity index (χ3v) is 5.38. The highest BCUT2D eigenvalue weighted by Gasteiger charge is 2.23. The van der Waals surface area contributed by atoms with Gasteiger partial charge in [0.05, 0.1) is 13.1 Å². The van der Waals surface area contributed by atoms with Crippen LogP contribution in [0.1, 0.15) is 29.8 Å². The second kappa shape index (κ2) is 8.35. The Morgan fingerprint density at radius 2 is 1.74 bits per heavy atom.